The molecule has 1 heterocycles. The standard InChI is InChI=1S/C18H23N3/c1-15-7-8-16(13-18(15)19)14-20-9-11-21(12-10-20)17-5-3-2-4-6-17/h2-8,13H,9-12,14,19H2,1H3. The summed E-state index contributed by atoms with van der Waals surface area (Å²) in [6, 6.07) is 17.1. The summed E-state index contributed by atoms with van der Waals surface area (Å²) in [6.45, 7) is 7.42. The Morgan fingerprint density at radius 1 is 0.952 bits per heavy atom. The molecule has 0 saturated carbocycles. The van der Waals surface area contributed by atoms with E-state index in [0.717, 1.165) is 44.0 Å². The fourth-order valence-corrected chi connectivity index (χ4v) is 2.85. The van der Waals surface area contributed by atoms with Crippen LogP contribution in [0, 0.1) is 6.92 Å². The van der Waals surface area contributed by atoms with Gasteiger partial charge < -0.3 is 10.6 Å². The lowest BCUT2D eigenvalue weighted by Gasteiger charge is -2.36. The van der Waals surface area contributed by atoms with Gasteiger partial charge in [-0.25, -0.2) is 0 Å². The molecule has 0 unspecified atom stereocenters. The van der Waals surface area contributed by atoms with E-state index in [1.54, 1.807) is 0 Å². The molecule has 0 radical (unpaired) electrons. The summed E-state index contributed by atoms with van der Waals surface area (Å²) in [5, 5.41) is 0. The number of nitrogens with zero attached hydrogens (tertiary/aromatic N) is 2. The summed E-state index contributed by atoms with van der Waals surface area (Å²) in [5.41, 5.74) is 10.7. The Kier molecular flexibility index (Phi) is 4.11. The van der Waals surface area contributed by atoms with Crippen LogP contribution in [0.15, 0.2) is 48.5 Å². The maximum absolute atomic E-state index is 6.00. The SMILES string of the molecule is Cc1ccc(CN2CCN(c3ccccc3)CC2)cc1N. The second-order valence-electron chi connectivity index (χ2n) is 5.79. The lowest BCUT2D eigenvalue weighted by Crippen LogP contribution is -2.45. The molecular formula is C18H23N3. The molecule has 2 aromatic rings. The second kappa shape index (κ2) is 6.19. The van der Waals surface area contributed by atoms with Crippen LogP contribution in [0.4, 0.5) is 11.4 Å². The van der Waals surface area contributed by atoms with Gasteiger partial charge in [-0.2, -0.15) is 0 Å². The summed E-state index contributed by atoms with van der Waals surface area (Å²) in [6.07, 6.45) is 0. The second-order valence-corrected chi connectivity index (χ2v) is 5.79. The number of para-hydroxylation sites is 1. The third-order valence-corrected chi connectivity index (χ3v) is 4.24. The molecule has 1 aliphatic rings. The smallest absolute Gasteiger partial charge is 0.0367 e. The Morgan fingerprint density at radius 2 is 1.67 bits per heavy atom. The maximum atomic E-state index is 6.00. The Labute approximate surface area is 127 Å². The van der Waals surface area contributed by atoms with Crippen LogP contribution >= 0.6 is 0 Å². The van der Waals surface area contributed by atoms with Gasteiger partial charge in [0, 0.05) is 44.1 Å². The normalized spacial score (nSPS) is 16.1. The average molecular weight is 281 g/mol. The fraction of sp³-hybridized carbons (Fsp3) is 0.333. The summed E-state index contributed by atoms with van der Waals surface area (Å²) in [7, 11) is 0. The molecule has 0 spiro atoms. The van der Waals surface area contributed by atoms with Gasteiger partial charge in [0.25, 0.3) is 0 Å². The van der Waals surface area contributed by atoms with Crippen molar-refractivity contribution in [2.75, 3.05) is 36.8 Å². The van der Waals surface area contributed by atoms with Gasteiger partial charge in [-0.3, -0.25) is 4.90 Å². The van der Waals surface area contributed by atoms with Crippen molar-refractivity contribution < 1.29 is 0 Å². The predicted octanol–water partition coefficient (Wildman–Crippen LogP) is 2.90. The van der Waals surface area contributed by atoms with E-state index in [-0.39, 0.29) is 0 Å². The van der Waals surface area contributed by atoms with Gasteiger partial charge in [0.1, 0.15) is 0 Å². The van der Waals surface area contributed by atoms with E-state index in [4.69, 9.17) is 5.73 Å². The van der Waals surface area contributed by atoms with Gasteiger partial charge in [-0.05, 0) is 36.2 Å². The van der Waals surface area contributed by atoms with Crippen LogP contribution in [0.5, 0.6) is 0 Å². The molecule has 3 rings (SSSR count). The first-order valence-electron chi connectivity index (χ1n) is 7.60. The molecule has 3 heteroatoms. The zero-order chi connectivity index (χ0) is 14.7. The first-order chi connectivity index (χ1) is 10.2. The van der Waals surface area contributed by atoms with Crippen LogP contribution in [0.25, 0.3) is 0 Å². The molecule has 2 N–H and O–H groups in total. The first kappa shape index (κ1) is 14.0. The molecular weight excluding hydrogens is 258 g/mol. The van der Waals surface area contributed by atoms with Crippen molar-refractivity contribution in [2.45, 2.75) is 13.5 Å². The molecule has 21 heavy (non-hydrogen) atoms. The number of aryl methyl sites for hydroxylation is 1. The zero-order valence-corrected chi connectivity index (χ0v) is 12.6. The number of nitrogens with two attached hydrogens (primary N) is 1. The summed E-state index contributed by atoms with van der Waals surface area (Å²) >= 11 is 0. The van der Waals surface area contributed by atoms with Crippen molar-refractivity contribution in [1.82, 2.24) is 4.90 Å². The van der Waals surface area contributed by atoms with Gasteiger partial charge in [-0.1, -0.05) is 30.3 Å². The fourth-order valence-electron chi connectivity index (χ4n) is 2.85. The molecule has 2 aromatic carbocycles. The van der Waals surface area contributed by atoms with Crippen molar-refractivity contribution in [1.29, 1.82) is 0 Å². The number of benzene rings is 2. The van der Waals surface area contributed by atoms with E-state index in [1.165, 1.54) is 11.3 Å². The van der Waals surface area contributed by atoms with Gasteiger partial charge in [0.2, 0.25) is 0 Å². The average Bonchev–Trinajstić information content (AvgIpc) is 2.53. The number of anilines is 2. The zero-order valence-electron chi connectivity index (χ0n) is 12.6. The number of rotatable bonds is 3. The quantitative estimate of drug-likeness (QED) is 0.878. The maximum Gasteiger partial charge on any atom is 0.0367 e. The summed E-state index contributed by atoms with van der Waals surface area (Å²) in [5.74, 6) is 0. The van der Waals surface area contributed by atoms with Crippen molar-refractivity contribution in [3.05, 3.63) is 59.7 Å². The number of hydrogen-bond acceptors (Lipinski definition) is 3. The third kappa shape index (κ3) is 3.37. The Morgan fingerprint density at radius 3 is 2.33 bits per heavy atom. The van der Waals surface area contributed by atoms with E-state index in [0.29, 0.717) is 0 Å². The summed E-state index contributed by atoms with van der Waals surface area (Å²) in [4.78, 5) is 4.96. The van der Waals surface area contributed by atoms with E-state index in [1.807, 2.05) is 0 Å². The predicted molar refractivity (Wildman–Crippen MR) is 89.5 cm³/mol. The largest absolute Gasteiger partial charge is 0.399 e. The van der Waals surface area contributed by atoms with E-state index < -0.39 is 0 Å². The molecule has 0 bridgehead atoms. The minimum atomic E-state index is 0.899. The Hall–Kier alpha value is -2.00. The van der Waals surface area contributed by atoms with Gasteiger partial charge in [0.05, 0.1) is 0 Å². The van der Waals surface area contributed by atoms with Crippen LogP contribution in [0.1, 0.15) is 11.1 Å². The lowest BCUT2D eigenvalue weighted by atomic mass is 10.1. The highest BCUT2D eigenvalue weighted by molar-refractivity contribution is 5.48. The lowest BCUT2D eigenvalue weighted by molar-refractivity contribution is 0.250. The highest BCUT2D eigenvalue weighted by atomic mass is 15.3. The molecule has 110 valence electrons. The van der Waals surface area contributed by atoms with Crippen LogP contribution in [0.3, 0.4) is 0 Å². The minimum absolute atomic E-state index is 0.899. The Bertz CT molecular complexity index is 587. The van der Waals surface area contributed by atoms with Crippen LogP contribution < -0.4 is 10.6 Å². The molecule has 0 amide bonds. The number of piperazine rings is 1. The van der Waals surface area contributed by atoms with Crippen molar-refractivity contribution in [3.8, 4) is 0 Å². The molecule has 1 saturated heterocycles. The highest BCUT2D eigenvalue weighted by Gasteiger charge is 2.17. The van der Waals surface area contributed by atoms with Crippen LogP contribution in [-0.4, -0.2) is 31.1 Å². The first-order valence-corrected chi connectivity index (χ1v) is 7.60. The van der Waals surface area contributed by atoms with Crippen molar-refractivity contribution in [2.24, 2.45) is 0 Å². The third-order valence-electron chi connectivity index (χ3n) is 4.24. The number of nitrogen functional groups attached to an aromatic ring is 1. The number of hydrogen-bond donors (Lipinski definition) is 1. The van der Waals surface area contributed by atoms with E-state index in [2.05, 4.69) is 65.3 Å². The topological polar surface area (TPSA) is 32.5 Å². The Balaban J connectivity index is 1.57. The molecule has 0 atom stereocenters. The van der Waals surface area contributed by atoms with Crippen molar-refractivity contribution in [3.63, 3.8) is 0 Å². The van der Waals surface area contributed by atoms with Gasteiger partial charge in [0.15, 0.2) is 0 Å². The molecule has 3 nitrogen and oxygen atoms in total. The monoisotopic (exact) mass is 281 g/mol. The minimum Gasteiger partial charge on any atom is -0.399 e. The van der Waals surface area contributed by atoms with Crippen LogP contribution in [0.2, 0.25) is 0 Å². The molecule has 0 aromatic heterocycles. The highest BCUT2D eigenvalue weighted by Crippen LogP contribution is 2.18. The van der Waals surface area contributed by atoms with E-state index in [9.17, 15) is 0 Å². The summed E-state index contributed by atoms with van der Waals surface area (Å²) < 4.78 is 0. The van der Waals surface area contributed by atoms with E-state index >= 15 is 0 Å². The van der Waals surface area contributed by atoms with Gasteiger partial charge >= 0.3 is 0 Å². The molecule has 1 aliphatic heterocycles. The van der Waals surface area contributed by atoms with Crippen molar-refractivity contribution >= 4 is 11.4 Å². The van der Waals surface area contributed by atoms with Crippen LogP contribution in [-0.2, 0) is 6.54 Å². The molecule has 0 aliphatic carbocycles. The molecule has 1 fully saturated rings. The van der Waals surface area contributed by atoms with Gasteiger partial charge in [-0.15, -0.1) is 0 Å².